The molecule has 120 valence electrons. The van der Waals surface area contributed by atoms with E-state index in [4.69, 9.17) is 16.3 Å². The fourth-order valence-corrected chi connectivity index (χ4v) is 2.29. The highest BCUT2D eigenvalue weighted by atomic mass is 79.9. The standard InChI is InChI=1S/C17H16BrClN2O2/c1-11-9-15(16(23-2)10-14(11)19)21-17(22)20-8-7-12-3-5-13(18)6-4-12/h3-10H,1-2H3,(H2,20,21,22)/b8-7+. The van der Waals surface area contributed by atoms with E-state index in [9.17, 15) is 4.79 Å². The average Bonchev–Trinajstić information content (AvgIpc) is 2.52. The number of hydrogen-bond donors (Lipinski definition) is 2. The summed E-state index contributed by atoms with van der Waals surface area (Å²) in [5, 5.41) is 5.97. The average molecular weight is 396 g/mol. The first kappa shape index (κ1) is 17.4. The third-order valence-corrected chi connectivity index (χ3v) is 4.03. The third-order valence-electron chi connectivity index (χ3n) is 3.09. The van der Waals surface area contributed by atoms with Gasteiger partial charge in [-0.15, -0.1) is 0 Å². The Morgan fingerprint density at radius 2 is 1.96 bits per heavy atom. The molecule has 0 fully saturated rings. The minimum Gasteiger partial charge on any atom is -0.495 e. The van der Waals surface area contributed by atoms with E-state index < -0.39 is 0 Å². The van der Waals surface area contributed by atoms with Crippen molar-refractivity contribution in [2.75, 3.05) is 12.4 Å². The highest BCUT2D eigenvalue weighted by Crippen LogP contribution is 2.30. The molecule has 23 heavy (non-hydrogen) atoms. The molecule has 0 radical (unpaired) electrons. The van der Waals surface area contributed by atoms with E-state index in [-0.39, 0.29) is 6.03 Å². The molecule has 0 aromatic heterocycles. The predicted molar refractivity (Wildman–Crippen MR) is 98.1 cm³/mol. The molecule has 0 bridgehead atoms. The van der Waals surface area contributed by atoms with Crippen molar-refractivity contribution in [1.82, 2.24) is 5.32 Å². The van der Waals surface area contributed by atoms with Crippen LogP contribution < -0.4 is 15.4 Å². The molecular weight excluding hydrogens is 380 g/mol. The number of hydrogen-bond acceptors (Lipinski definition) is 2. The van der Waals surface area contributed by atoms with Gasteiger partial charge in [-0.1, -0.05) is 39.7 Å². The Morgan fingerprint density at radius 1 is 1.26 bits per heavy atom. The number of benzene rings is 2. The van der Waals surface area contributed by atoms with Crippen LogP contribution in [0.15, 0.2) is 47.1 Å². The monoisotopic (exact) mass is 394 g/mol. The second-order valence-electron chi connectivity index (χ2n) is 4.79. The van der Waals surface area contributed by atoms with Crippen LogP contribution in [-0.4, -0.2) is 13.1 Å². The van der Waals surface area contributed by atoms with Crippen LogP contribution in [0.2, 0.25) is 5.02 Å². The van der Waals surface area contributed by atoms with Crippen molar-refractivity contribution in [2.24, 2.45) is 0 Å². The van der Waals surface area contributed by atoms with Crippen LogP contribution in [0.3, 0.4) is 0 Å². The molecule has 0 atom stereocenters. The first-order valence-corrected chi connectivity index (χ1v) is 8.00. The zero-order valence-electron chi connectivity index (χ0n) is 12.7. The van der Waals surface area contributed by atoms with Gasteiger partial charge in [0, 0.05) is 21.8 Å². The SMILES string of the molecule is COc1cc(Cl)c(C)cc1NC(=O)N/C=C/c1ccc(Br)cc1. The Morgan fingerprint density at radius 3 is 2.61 bits per heavy atom. The molecule has 0 unspecified atom stereocenters. The van der Waals surface area contributed by atoms with Crippen LogP contribution in [0.25, 0.3) is 6.08 Å². The van der Waals surface area contributed by atoms with E-state index in [0.717, 1.165) is 15.6 Å². The molecule has 0 saturated carbocycles. The summed E-state index contributed by atoms with van der Waals surface area (Å²) >= 11 is 9.41. The predicted octanol–water partition coefficient (Wildman–Crippen LogP) is 5.21. The van der Waals surface area contributed by atoms with Crippen molar-refractivity contribution in [2.45, 2.75) is 6.92 Å². The number of ether oxygens (including phenoxy) is 1. The van der Waals surface area contributed by atoms with Gasteiger partial charge in [-0.3, -0.25) is 0 Å². The second-order valence-corrected chi connectivity index (χ2v) is 6.11. The van der Waals surface area contributed by atoms with Gasteiger partial charge < -0.3 is 15.4 Å². The number of carbonyl (C=O) groups excluding carboxylic acids is 1. The summed E-state index contributed by atoms with van der Waals surface area (Å²) in [4.78, 5) is 12.0. The van der Waals surface area contributed by atoms with Crippen molar-refractivity contribution in [3.63, 3.8) is 0 Å². The summed E-state index contributed by atoms with van der Waals surface area (Å²) in [7, 11) is 1.53. The first-order chi connectivity index (χ1) is 11.0. The summed E-state index contributed by atoms with van der Waals surface area (Å²) < 4.78 is 6.22. The molecular formula is C17H16BrClN2O2. The molecule has 0 heterocycles. The summed E-state index contributed by atoms with van der Waals surface area (Å²) in [6.07, 6.45) is 3.38. The van der Waals surface area contributed by atoms with Crippen LogP contribution in [0.4, 0.5) is 10.5 Å². The maximum absolute atomic E-state index is 12.0. The molecule has 2 N–H and O–H groups in total. The lowest BCUT2D eigenvalue weighted by atomic mass is 10.2. The van der Waals surface area contributed by atoms with Gasteiger partial charge in [-0.05, 0) is 42.3 Å². The molecule has 0 saturated heterocycles. The van der Waals surface area contributed by atoms with Crippen molar-refractivity contribution < 1.29 is 9.53 Å². The van der Waals surface area contributed by atoms with Gasteiger partial charge in [-0.25, -0.2) is 4.79 Å². The molecule has 0 spiro atoms. The minimum atomic E-state index is -0.363. The topological polar surface area (TPSA) is 50.4 Å². The number of anilines is 1. The van der Waals surface area contributed by atoms with Gasteiger partial charge in [0.15, 0.2) is 0 Å². The van der Waals surface area contributed by atoms with Crippen molar-refractivity contribution in [3.8, 4) is 5.75 Å². The van der Waals surface area contributed by atoms with Crippen molar-refractivity contribution >= 4 is 45.3 Å². The molecule has 2 aromatic rings. The molecule has 0 aliphatic rings. The van der Waals surface area contributed by atoms with Gasteiger partial charge in [-0.2, -0.15) is 0 Å². The van der Waals surface area contributed by atoms with E-state index in [1.807, 2.05) is 31.2 Å². The van der Waals surface area contributed by atoms with E-state index in [0.29, 0.717) is 16.5 Å². The molecule has 4 nitrogen and oxygen atoms in total. The van der Waals surface area contributed by atoms with E-state index in [1.54, 1.807) is 24.4 Å². The number of urea groups is 1. The van der Waals surface area contributed by atoms with Gasteiger partial charge >= 0.3 is 6.03 Å². The fraction of sp³-hybridized carbons (Fsp3) is 0.118. The van der Waals surface area contributed by atoms with Crippen molar-refractivity contribution in [3.05, 3.63) is 63.2 Å². The number of halogens is 2. The highest BCUT2D eigenvalue weighted by Gasteiger charge is 2.09. The summed E-state index contributed by atoms with van der Waals surface area (Å²) in [6.45, 7) is 1.86. The molecule has 0 aliphatic carbocycles. The Labute approximate surface area is 148 Å². The molecule has 2 amide bonds. The lowest BCUT2D eigenvalue weighted by Gasteiger charge is -2.12. The quantitative estimate of drug-likeness (QED) is 0.746. The van der Waals surface area contributed by atoms with Crippen LogP contribution in [0.1, 0.15) is 11.1 Å². The lowest BCUT2D eigenvalue weighted by molar-refractivity contribution is 0.255. The van der Waals surface area contributed by atoms with Crippen LogP contribution >= 0.6 is 27.5 Å². The normalized spacial score (nSPS) is 10.6. The summed E-state index contributed by atoms with van der Waals surface area (Å²) in [6, 6.07) is 10.8. The van der Waals surface area contributed by atoms with Crippen LogP contribution in [0.5, 0.6) is 5.75 Å². The van der Waals surface area contributed by atoms with Gasteiger partial charge in [0.25, 0.3) is 0 Å². The number of rotatable bonds is 4. The third kappa shape index (κ3) is 5.01. The summed E-state index contributed by atoms with van der Waals surface area (Å²) in [5.74, 6) is 0.507. The number of nitrogens with one attached hydrogen (secondary N) is 2. The van der Waals surface area contributed by atoms with Crippen molar-refractivity contribution in [1.29, 1.82) is 0 Å². The maximum Gasteiger partial charge on any atom is 0.323 e. The molecule has 6 heteroatoms. The number of methoxy groups -OCH3 is 1. The zero-order chi connectivity index (χ0) is 16.8. The molecule has 2 aromatic carbocycles. The molecule has 2 rings (SSSR count). The zero-order valence-corrected chi connectivity index (χ0v) is 15.0. The van der Waals surface area contributed by atoms with E-state index in [2.05, 4.69) is 26.6 Å². The summed E-state index contributed by atoms with van der Waals surface area (Å²) in [5.41, 5.74) is 2.39. The van der Waals surface area contributed by atoms with Gasteiger partial charge in [0.2, 0.25) is 0 Å². The maximum atomic E-state index is 12.0. The largest absolute Gasteiger partial charge is 0.495 e. The van der Waals surface area contributed by atoms with Crippen LogP contribution in [-0.2, 0) is 0 Å². The number of carbonyl (C=O) groups is 1. The smallest absolute Gasteiger partial charge is 0.323 e. The Bertz CT molecular complexity index is 730. The van der Waals surface area contributed by atoms with Gasteiger partial charge in [0.05, 0.1) is 12.8 Å². The Kier molecular flexibility index (Phi) is 6.07. The highest BCUT2D eigenvalue weighted by molar-refractivity contribution is 9.10. The first-order valence-electron chi connectivity index (χ1n) is 6.83. The van der Waals surface area contributed by atoms with E-state index >= 15 is 0 Å². The Hall–Kier alpha value is -1.98. The second kappa shape index (κ2) is 8.04. The van der Waals surface area contributed by atoms with E-state index in [1.165, 1.54) is 7.11 Å². The molecule has 0 aliphatic heterocycles. The van der Waals surface area contributed by atoms with Gasteiger partial charge in [0.1, 0.15) is 5.75 Å². The Balaban J connectivity index is 1.99. The number of aryl methyl sites for hydroxylation is 1. The minimum absolute atomic E-state index is 0.363. The number of amides is 2. The van der Waals surface area contributed by atoms with Crippen LogP contribution in [0, 0.1) is 6.92 Å². The lowest BCUT2D eigenvalue weighted by Crippen LogP contribution is -2.24. The fourth-order valence-electron chi connectivity index (χ4n) is 1.88.